The molecule has 0 aromatic carbocycles. The van der Waals surface area contributed by atoms with Gasteiger partial charge in [0.15, 0.2) is 0 Å². The summed E-state index contributed by atoms with van der Waals surface area (Å²) in [7, 11) is 1.43. The lowest BCUT2D eigenvalue weighted by atomic mass is 10.0. The molecule has 0 aliphatic carbocycles. The zero-order valence-electron chi connectivity index (χ0n) is 11.0. The monoisotopic (exact) mass is 280 g/mol. The third-order valence-electron chi connectivity index (χ3n) is 3.08. The van der Waals surface area contributed by atoms with Gasteiger partial charge in [-0.15, -0.1) is 0 Å². The molecular weight excluding hydrogens is 265 g/mol. The molecule has 108 valence electrons. The normalized spacial score (nSPS) is 17.0. The zero-order chi connectivity index (χ0) is 14.8. The van der Waals surface area contributed by atoms with Crippen LogP contribution in [-0.4, -0.2) is 29.2 Å². The summed E-state index contributed by atoms with van der Waals surface area (Å²) in [5.41, 5.74) is -0.858. The minimum Gasteiger partial charge on any atom is -0.370 e. The maximum absolute atomic E-state index is 12.3. The number of ether oxygens (including phenoxy) is 1. The predicted molar refractivity (Wildman–Crippen MR) is 58.4 cm³/mol. The first-order valence-electron chi connectivity index (χ1n) is 5.66. The van der Waals surface area contributed by atoms with E-state index in [1.165, 1.54) is 7.11 Å². The summed E-state index contributed by atoms with van der Waals surface area (Å²) in [5.74, 6) is -3.69. The second-order valence-electron chi connectivity index (χ2n) is 4.33. The molecule has 19 heavy (non-hydrogen) atoms. The molecule has 8 heteroatoms. The Balaban J connectivity index is 3.01. The highest BCUT2D eigenvalue weighted by Gasteiger charge is 2.44. The molecule has 0 radical (unpaired) electrons. The largest absolute Gasteiger partial charge is 0.450 e. The molecule has 0 fully saturated rings. The summed E-state index contributed by atoms with van der Waals surface area (Å²) in [6, 6.07) is 0. The van der Waals surface area contributed by atoms with E-state index < -0.39 is 23.5 Å². The van der Waals surface area contributed by atoms with Crippen LogP contribution in [0.1, 0.15) is 44.8 Å². The first-order valence-corrected chi connectivity index (χ1v) is 5.66. The van der Waals surface area contributed by atoms with E-state index >= 15 is 0 Å². The van der Waals surface area contributed by atoms with Gasteiger partial charge in [-0.25, -0.2) is 0 Å². The smallest absolute Gasteiger partial charge is 0.370 e. The first-order chi connectivity index (χ1) is 8.65. The van der Waals surface area contributed by atoms with Gasteiger partial charge in [0.25, 0.3) is 0 Å². The second-order valence-corrected chi connectivity index (χ2v) is 4.33. The highest BCUT2D eigenvalue weighted by atomic mass is 19.4. The Labute approximate surface area is 108 Å². The van der Waals surface area contributed by atoms with Gasteiger partial charge in [0.05, 0.1) is 0 Å². The van der Waals surface area contributed by atoms with E-state index in [2.05, 4.69) is 10.1 Å². The van der Waals surface area contributed by atoms with Gasteiger partial charge in [-0.1, -0.05) is 12.1 Å². The maximum Gasteiger partial charge on any atom is 0.450 e. The van der Waals surface area contributed by atoms with E-state index in [1.807, 2.05) is 6.92 Å². The number of halogens is 3. The number of carbonyl (C=O) groups is 1. The van der Waals surface area contributed by atoms with Crippen molar-refractivity contribution in [1.29, 1.82) is 0 Å². The predicted octanol–water partition coefficient (Wildman–Crippen LogP) is 2.58. The van der Waals surface area contributed by atoms with Gasteiger partial charge in [0, 0.05) is 7.11 Å². The van der Waals surface area contributed by atoms with Gasteiger partial charge in [-0.2, -0.15) is 18.2 Å². The molecule has 0 bridgehead atoms. The number of rotatable bonds is 5. The number of ketones is 1. The van der Waals surface area contributed by atoms with Crippen molar-refractivity contribution in [2.24, 2.45) is 0 Å². The van der Waals surface area contributed by atoms with Gasteiger partial charge < -0.3 is 9.26 Å². The summed E-state index contributed by atoms with van der Waals surface area (Å²) >= 11 is 0. The van der Waals surface area contributed by atoms with Gasteiger partial charge in [0.2, 0.25) is 17.5 Å². The number of Topliss-reactive ketones (excluding diaryl/α,β-unsaturated/α-hetero) is 1. The van der Waals surface area contributed by atoms with Crippen LogP contribution in [-0.2, 0) is 15.1 Å². The zero-order valence-corrected chi connectivity index (χ0v) is 11.0. The van der Waals surface area contributed by atoms with Crippen LogP contribution in [0.15, 0.2) is 4.52 Å². The standard InChI is InChI=1S/C11H15F3N2O3/c1-5-10(3,18-4)9-15-8(19-16-9)6(2)7(17)11(12,13)14/h6H,5H2,1-4H3. The summed E-state index contributed by atoms with van der Waals surface area (Å²) in [5, 5.41) is 3.58. The Morgan fingerprint density at radius 3 is 2.47 bits per heavy atom. The molecule has 0 aliphatic rings. The molecule has 0 saturated heterocycles. The number of nitrogens with zero attached hydrogens (tertiary/aromatic N) is 2. The molecule has 1 aromatic rings. The fourth-order valence-corrected chi connectivity index (χ4v) is 1.38. The number of hydrogen-bond donors (Lipinski definition) is 0. The maximum atomic E-state index is 12.3. The molecule has 0 spiro atoms. The first kappa shape index (κ1) is 15.6. The van der Waals surface area contributed by atoms with Crippen molar-refractivity contribution >= 4 is 5.78 Å². The second kappa shape index (κ2) is 5.28. The minimum absolute atomic E-state index is 0.120. The van der Waals surface area contributed by atoms with Gasteiger partial charge in [-0.3, -0.25) is 4.79 Å². The van der Waals surface area contributed by atoms with E-state index in [9.17, 15) is 18.0 Å². The highest BCUT2D eigenvalue weighted by molar-refractivity contribution is 5.89. The fourth-order valence-electron chi connectivity index (χ4n) is 1.38. The molecule has 1 heterocycles. The van der Waals surface area contributed by atoms with Crippen molar-refractivity contribution < 1.29 is 27.2 Å². The molecule has 0 N–H and O–H groups in total. The Morgan fingerprint density at radius 2 is 2.05 bits per heavy atom. The van der Waals surface area contributed by atoms with E-state index in [0.29, 0.717) is 6.42 Å². The molecule has 1 aromatic heterocycles. The third-order valence-corrected chi connectivity index (χ3v) is 3.08. The average Bonchev–Trinajstić information content (AvgIpc) is 2.85. The molecule has 2 unspecified atom stereocenters. The molecule has 0 amide bonds. The Hall–Kier alpha value is -1.44. The van der Waals surface area contributed by atoms with Crippen molar-refractivity contribution in [3.8, 4) is 0 Å². The number of hydrogen-bond acceptors (Lipinski definition) is 5. The molecule has 2 atom stereocenters. The molecule has 0 aliphatic heterocycles. The van der Waals surface area contributed by atoms with E-state index in [-0.39, 0.29) is 11.7 Å². The van der Waals surface area contributed by atoms with Crippen LogP contribution < -0.4 is 0 Å². The third kappa shape index (κ3) is 3.12. The van der Waals surface area contributed by atoms with Crippen LogP contribution in [0, 0.1) is 0 Å². The Bertz CT molecular complexity index is 452. The lowest BCUT2D eigenvalue weighted by molar-refractivity contribution is -0.172. The number of alkyl halides is 3. The average molecular weight is 280 g/mol. The molecule has 0 saturated carbocycles. The van der Waals surface area contributed by atoms with Crippen LogP contribution >= 0.6 is 0 Å². The number of aromatic nitrogens is 2. The van der Waals surface area contributed by atoms with E-state index in [0.717, 1.165) is 6.92 Å². The van der Waals surface area contributed by atoms with Crippen molar-refractivity contribution in [1.82, 2.24) is 10.1 Å². The fraction of sp³-hybridized carbons (Fsp3) is 0.727. The summed E-state index contributed by atoms with van der Waals surface area (Å²) in [6.07, 6.45) is -4.42. The number of carbonyl (C=O) groups excluding carboxylic acids is 1. The van der Waals surface area contributed by atoms with Crippen molar-refractivity contribution in [3.05, 3.63) is 11.7 Å². The highest BCUT2D eigenvalue weighted by Crippen LogP contribution is 2.30. The van der Waals surface area contributed by atoms with Crippen LogP contribution in [0.5, 0.6) is 0 Å². The van der Waals surface area contributed by atoms with Gasteiger partial charge >= 0.3 is 6.18 Å². The van der Waals surface area contributed by atoms with E-state index in [1.54, 1.807) is 6.92 Å². The Kier molecular flexibility index (Phi) is 4.34. The molecule has 5 nitrogen and oxygen atoms in total. The van der Waals surface area contributed by atoms with Gasteiger partial charge in [-0.05, 0) is 20.3 Å². The summed E-state index contributed by atoms with van der Waals surface area (Å²) in [4.78, 5) is 14.9. The molecule has 1 rings (SSSR count). The van der Waals surface area contributed by atoms with Crippen LogP contribution in [0.25, 0.3) is 0 Å². The topological polar surface area (TPSA) is 65.2 Å². The van der Waals surface area contributed by atoms with Crippen molar-refractivity contribution in [2.75, 3.05) is 7.11 Å². The quantitative estimate of drug-likeness (QED) is 0.829. The van der Waals surface area contributed by atoms with Crippen molar-refractivity contribution in [3.63, 3.8) is 0 Å². The van der Waals surface area contributed by atoms with Crippen LogP contribution in [0.2, 0.25) is 0 Å². The lowest BCUT2D eigenvalue weighted by Gasteiger charge is -2.21. The summed E-state index contributed by atoms with van der Waals surface area (Å²) in [6.45, 7) is 4.56. The number of methoxy groups -OCH3 is 1. The van der Waals surface area contributed by atoms with Crippen LogP contribution in [0.3, 0.4) is 0 Å². The lowest BCUT2D eigenvalue weighted by Crippen LogP contribution is -2.28. The summed E-state index contributed by atoms with van der Waals surface area (Å²) < 4.78 is 46.8. The molecular formula is C11H15F3N2O3. The SMILES string of the molecule is CCC(C)(OC)c1noc(C(C)C(=O)C(F)(F)F)n1. The minimum atomic E-state index is -4.93. The van der Waals surface area contributed by atoms with Crippen molar-refractivity contribution in [2.45, 2.75) is 44.9 Å². The van der Waals surface area contributed by atoms with Gasteiger partial charge in [0.1, 0.15) is 11.5 Å². The van der Waals surface area contributed by atoms with E-state index in [4.69, 9.17) is 9.26 Å². The Morgan fingerprint density at radius 1 is 1.47 bits per heavy atom. The van der Waals surface area contributed by atoms with Crippen LogP contribution in [0.4, 0.5) is 13.2 Å².